The van der Waals surface area contributed by atoms with Gasteiger partial charge in [-0.15, -0.1) is 0 Å². The fourth-order valence-corrected chi connectivity index (χ4v) is 8.72. The number of aromatic nitrogens is 5. The molecule has 290 valence electrons. The normalized spacial score (nSPS) is 11.5. The number of hydrogen-bond donors (Lipinski definition) is 0. The number of furan rings is 1. The zero-order chi connectivity index (χ0) is 41.0. The van der Waals surface area contributed by atoms with Crippen molar-refractivity contribution < 1.29 is 4.42 Å². The zero-order valence-corrected chi connectivity index (χ0v) is 33.4. The standard InChI is InChI=1S/C56H35N5O/c1-4-15-38(16-5-1)50-52(39-17-6-2-7-18-39)60-61-47(35-43-21-10-11-22-45(43)53(50)61)37-29-33-42(34-30-37)56-58-54(40-19-8-3-9-20-40)57-55(59-56)41-31-27-36(28-32-41)44-24-14-26-49-51(44)46-23-12-13-25-48(46)62-49/h1-35H. The van der Waals surface area contributed by atoms with E-state index < -0.39 is 0 Å². The molecule has 0 aliphatic rings. The monoisotopic (exact) mass is 793 g/mol. The number of rotatable bonds is 7. The maximum absolute atomic E-state index is 6.19. The van der Waals surface area contributed by atoms with Crippen LogP contribution in [0, 0.1) is 0 Å². The molecule has 0 saturated heterocycles. The van der Waals surface area contributed by atoms with Gasteiger partial charge in [0, 0.05) is 49.5 Å². The predicted molar refractivity (Wildman–Crippen MR) is 251 cm³/mol. The summed E-state index contributed by atoms with van der Waals surface area (Å²) in [6, 6.07) is 73.3. The van der Waals surface area contributed by atoms with Gasteiger partial charge in [0.2, 0.25) is 0 Å². The van der Waals surface area contributed by atoms with Gasteiger partial charge in [-0.3, -0.25) is 0 Å². The van der Waals surface area contributed by atoms with Crippen LogP contribution in [0.3, 0.4) is 0 Å². The Labute approximate surface area is 357 Å². The third-order valence-corrected chi connectivity index (χ3v) is 11.7. The van der Waals surface area contributed by atoms with E-state index in [-0.39, 0.29) is 0 Å². The van der Waals surface area contributed by atoms with Crippen LogP contribution in [0.2, 0.25) is 0 Å². The van der Waals surface area contributed by atoms with Gasteiger partial charge in [-0.1, -0.05) is 194 Å². The molecule has 4 aromatic heterocycles. The molecule has 0 radical (unpaired) electrons. The molecule has 8 aromatic carbocycles. The van der Waals surface area contributed by atoms with Crippen LogP contribution in [0.15, 0.2) is 217 Å². The quantitative estimate of drug-likeness (QED) is 0.161. The first kappa shape index (κ1) is 35.5. The van der Waals surface area contributed by atoms with Crippen molar-refractivity contribution in [2.45, 2.75) is 0 Å². The maximum Gasteiger partial charge on any atom is 0.164 e. The second-order valence-electron chi connectivity index (χ2n) is 15.4. The molecule has 4 heterocycles. The summed E-state index contributed by atoms with van der Waals surface area (Å²) in [5, 5.41) is 9.89. The Kier molecular flexibility index (Phi) is 8.38. The van der Waals surface area contributed by atoms with E-state index in [2.05, 4.69) is 156 Å². The highest BCUT2D eigenvalue weighted by atomic mass is 16.3. The van der Waals surface area contributed by atoms with E-state index in [4.69, 9.17) is 24.5 Å². The summed E-state index contributed by atoms with van der Waals surface area (Å²) < 4.78 is 8.31. The summed E-state index contributed by atoms with van der Waals surface area (Å²) in [5.41, 5.74) is 14.0. The van der Waals surface area contributed by atoms with E-state index in [0.29, 0.717) is 17.5 Å². The van der Waals surface area contributed by atoms with Crippen LogP contribution in [-0.2, 0) is 0 Å². The van der Waals surface area contributed by atoms with Crippen molar-refractivity contribution >= 4 is 38.2 Å². The van der Waals surface area contributed by atoms with Crippen LogP contribution < -0.4 is 0 Å². The molecule has 6 nitrogen and oxygen atoms in total. The minimum Gasteiger partial charge on any atom is -0.456 e. The molecule has 0 amide bonds. The van der Waals surface area contributed by atoms with E-state index in [0.717, 1.165) is 99.7 Å². The number of para-hydroxylation sites is 1. The van der Waals surface area contributed by atoms with Crippen LogP contribution in [0.25, 0.3) is 117 Å². The smallest absolute Gasteiger partial charge is 0.164 e. The largest absolute Gasteiger partial charge is 0.456 e. The Morgan fingerprint density at radius 3 is 1.53 bits per heavy atom. The van der Waals surface area contributed by atoms with E-state index in [1.54, 1.807) is 0 Å². The van der Waals surface area contributed by atoms with Gasteiger partial charge in [0.05, 0.1) is 11.2 Å². The first-order chi connectivity index (χ1) is 30.7. The Hall–Kier alpha value is -8.48. The molecule has 0 spiro atoms. The predicted octanol–water partition coefficient (Wildman–Crippen LogP) is 14.2. The van der Waals surface area contributed by atoms with Crippen LogP contribution >= 0.6 is 0 Å². The second kappa shape index (κ2) is 14.7. The molecule has 0 aliphatic carbocycles. The number of hydrogen-bond acceptors (Lipinski definition) is 5. The van der Waals surface area contributed by atoms with Crippen LogP contribution in [-0.4, -0.2) is 24.6 Å². The average molecular weight is 794 g/mol. The molecule has 12 rings (SSSR count). The summed E-state index contributed by atoms with van der Waals surface area (Å²) in [4.78, 5) is 15.2. The molecular formula is C56H35N5O. The van der Waals surface area contributed by atoms with Crippen molar-refractivity contribution in [1.29, 1.82) is 0 Å². The second-order valence-corrected chi connectivity index (χ2v) is 15.4. The molecule has 0 saturated carbocycles. The molecular weight excluding hydrogens is 759 g/mol. The highest BCUT2D eigenvalue weighted by molar-refractivity contribution is 6.12. The molecule has 62 heavy (non-hydrogen) atoms. The molecule has 0 fully saturated rings. The SMILES string of the molecule is c1ccc(-c2nc(-c3ccc(-c4cccc5oc6ccccc6c45)cc3)nc(-c3ccc(-c4cc5ccccc5c5c(-c6ccccc6)c(-c6ccccc6)nn45)cc3)n2)cc1. The Bertz CT molecular complexity index is 3600. The molecule has 12 aromatic rings. The minimum atomic E-state index is 0.597. The van der Waals surface area contributed by atoms with E-state index in [1.807, 2.05) is 60.7 Å². The lowest BCUT2D eigenvalue weighted by Gasteiger charge is -2.12. The number of nitrogens with zero attached hydrogens (tertiary/aromatic N) is 5. The topological polar surface area (TPSA) is 69.1 Å². The minimum absolute atomic E-state index is 0.597. The molecule has 6 heteroatoms. The van der Waals surface area contributed by atoms with Crippen LogP contribution in [0.5, 0.6) is 0 Å². The average Bonchev–Trinajstić information content (AvgIpc) is 3.95. The van der Waals surface area contributed by atoms with Crippen molar-refractivity contribution in [2.24, 2.45) is 0 Å². The highest BCUT2D eigenvalue weighted by Crippen LogP contribution is 2.41. The van der Waals surface area contributed by atoms with E-state index in [9.17, 15) is 0 Å². The first-order valence-corrected chi connectivity index (χ1v) is 20.7. The lowest BCUT2D eigenvalue weighted by atomic mass is 9.97. The summed E-state index contributed by atoms with van der Waals surface area (Å²) >= 11 is 0. The van der Waals surface area contributed by atoms with Crippen molar-refractivity contribution in [1.82, 2.24) is 24.6 Å². The van der Waals surface area contributed by atoms with Gasteiger partial charge < -0.3 is 4.42 Å². The Morgan fingerprint density at radius 1 is 0.371 bits per heavy atom. The van der Waals surface area contributed by atoms with Gasteiger partial charge in [-0.05, 0) is 40.3 Å². The van der Waals surface area contributed by atoms with Gasteiger partial charge in [0.15, 0.2) is 17.5 Å². The molecule has 0 unspecified atom stereocenters. The first-order valence-electron chi connectivity index (χ1n) is 20.7. The molecule has 0 aliphatic heterocycles. The van der Waals surface area contributed by atoms with Gasteiger partial charge in [-0.25, -0.2) is 19.5 Å². The highest BCUT2D eigenvalue weighted by Gasteiger charge is 2.22. The summed E-state index contributed by atoms with van der Waals surface area (Å²) in [5.74, 6) is 1.81. The van der Waals surface area contributed by atoms with Crippen molar-refractivity contribution in [3.05, 3.63) is 212 Å². The van der Waals surface area contributed by atoms with Crippen LogP contribution in [0.4, 0.5) is 0 Å². The summed E-state index contributed by atoms with van der Waals surface area (Å²) in [6.45, 7) is 0. The summed E-state index contributed by atoms with van der Waals surface area (Å²) in [7, 11) is 0. The number of pyridine rings is 1. The van der Waals surface area contributed by atoms with Gasteiger partial charge in [-0.2, -0.15) is 5.10 Å². The zero-order valence-electron chi connectivity index (χ0n) is 33.4. The lowest BCUT2D eigenvalue weighted by Crippen LogP contribution is -2.00. The molecule has 0 N–H and O–H groups in total. The fraction of sp³-hybridized carbons (Fsp3) is 0. The molecule has 0 atom stereocenters. The third-order valence-electron chi connectivity index (χ3n) is 11.7. The van der Waals surface area contributed by atoms with Crippen molar-refractivity contribution in [3.63, 3.8) is 0 Å². The van der Waals surface area contributed by atoms with Crippen LogP contribution in [0.1, 0.15) is 0 Å². The van der Waals surface area contributed by atoms with E-state index >= 15 is 0 Å². The van der Waals surface area contributed by atoms with Crippen molar-refractivity contribution in [2.75, 3.05) is 0 Å². The Morgan fingerprint density at radius 2 is 0.871 bits per heavy atom. The maximum atomic E-state index is 6.19. The molecule has 0 bridgehead atoms. The van der Waals surface area contributed by atoms with Crippen molar-refractivity contribution in [3.8, 4) is 78.9 Å². The third kappa shape index (κ3) is 6.04. The number of fused-ring (bicyclic) bond motifs is 6. The number of benzene rings is 8. The summed E-state index contributed by atoms with van der Waals surface area (Å²) in [6.07, 6.45) is 0. The lowest BCUT2D eigenvalue weighted by molar-refractivity contribution is 0.669. The van der Waals surface area contributed by atoms with Gasteiger partial charge in [0.25, 0.3) is 0 Å². The Balaban J connectivity index is 0.971. The van der Waals surface area contributed by atoms with Gasteiger partial charge >= 0.3 is 0 Å². The van der Waals surface area contributed by atoms with Gasteiger partial charge in [0.1, 0.15) is 16.9 Å². The fourth-order valence-electron chi connectivity index (χ4n) is 8.72. The van der Waals surface area contributed by atoms with E-state index in [1.165, 1.54) is 0 Å².